The number of ether oxygens (including phenoxy) is 3. The number of rotatable bonds is 3. The molecule has 0 bridgehead atoms. The van der Waals surface area contributed by atoms with Crippen molar-refractivity contribution in [3.8, 4) is 0 Å². The average molecular weight is 330 g/mol. The van der Waals surface area contributed by atoms with E-state index in [4.69, 9.17) is 14.2 Å². The summed E-state index contributed by atoms with van der Waals surface area (Å²) in [6.07, 6.45) is -5.32. The van der Waals surface area contributed by atoms with Crippen molar-refractivity contribution in [2.45, 2.75) is 26.0 Å². The Morgan fingerprint density at radius 2 is 2.09 bits per heavy atom. The fourth-order valence-electron chi connectivity index (χ4n) is 2.31. The number of carbonyl (C=O) groups is 1. The Balaban J connectivity index is 2.09. The first-order valence-corrected chi connectivity index (χ1v) is 6.81. The van der Waals surface area contributed by atoms with Crippen LogP contribution in [0.2, 0.25) is 0 Å². The number of fused-ring (bicyclic) bond motifs is 1. The summed E-state index contributed by atoms with van der Waals surface area (Å²) < 4.78 is 55.5. The van der Waals surface area contributed by atoms with Crippen LogP contribution in [0.25, 0.3) is 5.52 Å². The van der Waals surface area contributed by atoms with Gasteiger partial charge in [0.1, 0.15) is 6.61 Å². The number of alkyl halides is 3. The number of hydrogen-bond acceptors (Lipinski definition) is 5. The summed E-state index contributed by atoms with van der Waals surface area (Å²) in [5.74, 6) is -0.534. The third kappa shape index (κ3) is 3.15. The lowest BCUT2D eigenvalue weighted by atomic mass is 10.2. The molecule has 0 aliphatic carbocycles. The Morgan fingerprint density at radius 3 is 2.70 bits per heavy atom. The average Bonchev–Trinajstić information content (AvgIpc) is 3.13. The van der Waals surface area contributed by atoms with E-state index in [1.54, 1.807) is 6.07 Å². The van der Waals surface area contributed by atoms with Crippen LogP contribution in [0.1, 0.15) is 30.2 Å². The second-order valence-electron chi connectivity index (χ2n) is 4.96. The zero-order valence-electron chi connectivity index (χ0n) is 12.1. The molecule has 2 aromatic rings. The number of hydrogen-bond donors (Lipinski definition) is 0. The van der Waals surface area contributed by atoms with Crippen LogP contribution >= 0.6 is 0 Å². The van der Waals surface area contributed by atoms with Crippen molar-refractivity contribution in [1.82, 2.24) is 9.61 Å². The molecule has 0 atom stereocenters. The highest BCUT2D eigenvalue weighted by Gasteiger charge is 2.35. The van der Waals surface area contributed by atoms with Gasteiger partial charge in [0, 0.05) is 12.5 Å². The van der Waals surface area contributed by atoms with Gasteiger partial charge in [0.2, 0.25) is 0 Å². The normalized spacial score (nSPS) is 16.2. The van der Waals surface area contributed by atoms with Crippen LogP contribution in [-0.2, 0) is 31.8 Å². The van der Waals surface area contributed by atoms with E-state index in [1.807, 2.05) is 0 Å². The van der Waals surface area contributed by atoms with Gasteiger partial charge in [0.25, 0.3) is 0 Å². The summed E-state index contributed by atoms with van der Waals surface area (Å²) >= 11 is 0. The van der Waals surface area contributed by atoms with Crippen LogP contribution in [0.5, 0.6) is 0 Å². The van der Waals surface area contributed by atoms with Gasteiger partial charge in [-0.3, -0.25) is 4.79 Å². The lowest BCUT2D eigenvalue weighted by molar-refractivity contribution is -0.143. The second kappa shape index (κ2) is 5.82. The van der Waals surface area contributed by atoms with Crippen molar-refractivity contribution in [1.29, 1.82) is 0 Å². The quantitative estimate of drug-likeness (QED) is 0.809. The largest absolute Gasteiger partial charge is 0.459 e. The van der Waals surface area contributed by atoms with Crippen LogP contribution in [0, 0.1) is 0 Å². The maximum atomic E-state index is 13.0. The van der Waals surface area contributed by atoms with E-state index >= 15 is 0 Å². The van der Waals surface area contributed by atoms with Crippen LogP contribution in [0.3, 0.4) is 0 Å². The zero-order valence-corrected chi connectivity index (χ0v) is 12.1. The maximum Gasteiger partial charge on any atom is 0.435 e. The van der Waals surface area contributed by atoms with E-state index in [1.165, 1.54) is 13.0 Å². The van der Waals surface area contributed by atoms with Crippen molar-refractivity contribution in [2.24, 2.45) is 0 Å². The van der Waals surface area contributed by atoms with Crippen LogP contribution in [0.4, 0.5) is 13.2 Å². The minimum Gasteiger partial charge on any atom is -0.459 e. The summed E-state index contributed by atoms with van der Waals surface area (Å²) in [6.45, 7) is 1.77. The molecule has 3 rings (SSSR count). The molecule has 0 spiro atoms. The molecule has 0 radical (unpaired) electrons. The highest BCUT2D eigenvalue weighted by molar-refractivity contribution is 5.66. The summed E-state index contributed by atoms with van der Waals surface area (Å²) in [4.78, 5) is 10.9. The van der Waals surface area contributed by atoms with Crippen LogP contribution in [0.15, 0.2) is 18.2 Å². The van der Waals surface area contributed by atoms with Crippen LogP contribution in [-0.4, -0.2) is 28.8 Å². The van der Waals surface area contributed by atoms with Crippen molar-refractivity contribution in [3.05, 3.63) is 35.2 Å². The van der Waals surface area contributed by atoms with E-state index in [0.29, 0.717) is 24.5 Å². The number of pyridine rings is 1. The van der Waals surface area contributed by atoms with E-state index < -0.39 is 24.1 Å². The first kappa shape index (κ1) is 15.8. The first-order chi connectivity index (χ1) is 10.9. The lowest BCUT2D eigenvalue weighted by Gasteiger charge is -2.13. The molecule has 0 N–H and O–H groups in total. The van der Waals surface area contributed by atoms with Gasteiger partial charge in [0.15, 0.2) is 12.0 Å². The summed E-state index contributed by atoms with van der Waals surface area (Å²) in [5, 5.41) is 3.58. The number of esters is 1. The Kier molecular flexibility index (Phi) is 3.99. The van der Waals surface area contributed by atoms with E-state index in [0.717, 1.165) is 10.6 Å². The molecule has 0 aromatic carbocycles. The molecule has 1 fully saturated rings. The minimum absolute atomic E-state index is 0.183. The van der Waals surface area contributed by atoms with Gasteiger partial charge in [-0.25, -0.2) is 4.52 Å². The number of nitrogens with zero attached hydrogens (tertiary/aromatic N) is 2. The van der Waals surface area contributed by atoms with Crippen molar-refractivity contribution in [2.75, 3.05) is 13.2 Å². The predicted molar refractivity (Wildman–Crippen MR) is 70.3 cm³/mol. The SMILES string of the molecule is CC(=O)OCc1ccc(C2OCCO2)c2cc(C(F)(F)F)nn12. The molecule has 124 valence electrons. The highest BCUT2D eigenvalue weighted by Crippen LogP contribution is 2.33. The third-order valence-electron chi connectivity index (χ3n) is 3.32. The number of carbonyl (C=O) groups excluding carboxylic acids is 1. The molecule has 1 aliphatic heterocycles. The monoisotopic (exact) mass is 330 g/mol. The molecule has 23 heavy (non-hydrogen) atoms. The molecule has 2 aromatic heterocycles. The summed E-state index contributed by atoms with van der Waals surface area (Å²) in [5.41, 5.74) is -0.0783. The van der Waals surface area contributed by atoms with Gasteiger partial charge in [-0.05, 0) is 18.2 Å². The number of halogens is 3. The molecule has 6 nitrogen and oxygen atoms in total. The van der Waals surface area contributed by atoms with Gasteiger partial charge in [0.05, 0.1) is 24.4 Å². The Bertz CT molecular complexity index is 735. The van der Waals surface area contributed by atoms with Gasteiger partial charge >= 0.3 is 12.1 Å². The minimum atomic E-state index is -4.58. The molecule has 0 amide bonds. The van der Waals surface area contributed by atoms with Crippen molar-refractivity contribution < 1.29 is 32.2 Å². The van der Waals surface area contributed by atoms with Crippen LogP contribution < -0.4 is 0 Å². The standard InChI is InChI=1S/C14H13F3N2O4/c1-8(20)23-7-9-2-3-10(13-21-4-5-22-13)11-6-12(14(15,16)17)18-19(9)11/h2-3,6,13H,4-5,7H2,1H3. The summed E-state index contributed by atoms with van der Waals surface area (Å²) in [7, 11) is 0. The Labute approximate surface area is 128 Å². The molecule has 1 saturated heterocycles. The van der Waals surface area contributed by atoms with Gasteiger partial charge in [-0.15, -0.1) is 0 Å². The Hall–Kier alpha value is -2.13. The fourth-order valence-corrected chi connectivity index (χ4v) is 2.31. The smallest absolute Gasteiger partial charge is 0.435 e. The van der Waals surface area contributed by atoms with Crippen molar-refractivity contribution in [3.63, 3.8) is 0 Å². The van der Waals surface area contributed by atoms with E-state index in [-0.39, 0.29) is 12.1 Å². The molecule has 1 aliphatic rings. The highest BCUT2D eigenvalue weighted by atomic mass is 19.4. The second-order valence-corrected chi connectivity index (χ2v) is 4.96. The molecular formula is C14H13F3N2O4. The van der Waals surface area contributed by atoms with E-state index in [9.17, 15) is 18.0 Å². The molecule has 0 saturated carbocycles. The first-order valence-electron chi connectivity index (χ1n) is 6.81. The van der Waals surface area contributed by atoms with Gasteiger partial charge in [-0.2, -0.15) is 18.3 Å². The zero-order chi connectivity index (χ0) is 16.6. The lowest BCUT2D eigenvalue weighted by Crippen LogP contribution is -2.09. The van der Waals surface area contributed by atoms with Crippen molar-refractivity contribution >= 4 is 11.5 Å². The Morgan fingerprint density at radius 1 is 1.39 bits per heavy atom. The molecular weight excluding hydrogens is 317 g/mol. The van der Waals surface area contributed by atoms with Gasteiger partial charge in [-0.1, -0.05) is 0 Å². The predicted octanol–water partition coefficient (Wildman–Crippen LogP) is 2.46. The summed E-state index contributed by atoms with van der Waals surface area (Å²) in [6, 6.07) is 4.05. The van der Waals surface area contributed by atoms with E-state index in [2.05, 4.69) is 5.10 Å². The topological polar surface area (TPSA) is 62.1 Å². The molecule has 0 unspecified atom stereocenters. The number of aromatic nitrogens is 2. The maximum absolute atomic E-state index is 13.0. The van der Waals surface area contributed by atoms with Gasteiger partial charge < -0.3 is 14.2 Å². The molecule has 3 heterocycles. The fraction of sp³-hybridized carbons (Fsp3) is 0.429. The molecule has 9 heteroatoms. The third-order valence-corrected chi connectivity index (χ3v) is 3.32.